The van der Waals surface area contributed by atoms with Gasteiger partial charge in [0.25, 0.3) is 11.6 Å². The number of nitrogens with zero attached hydrogens (tertiary/aromatic N) is 3. The Bertz CT molecular complexity index is 1140. The highest BCUT2D eigenvalue weighted by atomic mass is 32.2. The number of non-ortho nitro benzene ring substituents is 1. The summed E-state index contributed by atoms with van der Waals surface area (Å²) < 4.78 is 27.5. The number of piperazine rings is 1. The maximum Gasteiger partial charge on any atom is 0.270 e. The Morgan fingerprint density at radius 1 is 0.968 bits per heavy atom. The molecule has 2 aliphatic rings. The summed E-state index contributed by atoms with van der Waals surface area (Å²) >= 11 is 0. The normalized spacial score (nSPS) is 17.3. The monoisotopic (exact) mass is 443 g/mol. The summed E-state index contributed by atoms with van der Waals surface area (Å²) in [6.07, 6.45) is 4.36. The molecule has 0 bridgehead atoms. The second-order valence-corrected chi connectivity index (χ2v) is 10.0. The third kappa shape index (κ3) is 4.20. The van der Waals surface area contributed by atoms with Crippen molar-refractivity contribution in [1.82, 2.24) is 9.21 Å². The van der Waals surface area contributed by atoms with E-state index in [1.165, 1.54) is 34.0 Å². The first kappa shape index (κ1) is 21.5. The van der Waals surface area contributed by atoms with Crippen LogP contribution in [0.2, 0.25) is 0 Å². The molecule has 0 radical (unpaired) electrons. The Balaban J connectivity index is 1.48. The average molecular weight is 444 g/mol. The molecule has 0 atom stereocenters. The van der Waals surface area contributed by atoms with Gasteiger partial charge in [0.2, 0.25) is 10.0 Å². The van der Waals surface area contributed by atoms with E-state index in [0.29, 0.717) is 11.1 Å². The number of hydrogen-bond acceptors (Lipinski definition) is 5. The number of aryl methyl sites for hydroxylation is 3. The lowest BCUT2D eigenvalue weighted by Crippen LogP contribution is -2.50. The first-order valence-electron chi connectivity index (χ1n) is 10.4. The molecule has 0 saturated carbocycles. The van der Waals surface area contributed by atoms with E-state index < -0.39 is 14.9 Å². The average Bonchev–Trinajstić information content (AvgIpc) is 2.78. The molecule has 164 valence electrons. The van der Waals surface area contributed by atoms with E-state index in [-0.39, 0.29) is 42.7 Å². The molecule has 31 heavy (non-hydrogen) atoms. The topological polar surface area (TPSA) is 101 Å². The smallest absolute Gasteiger partial charge is 0.270 e. The molecule has 2 aromatic carbocycles. The number of carbonyl (C=O) groups excluding carboxylic acids is 1. The lowest BCUT2D eigenvalue weighted by atomic mass is 9.90. The zero-order valence-electron chi connectivity index (χ0n) is 17.4. The van der Waals surface area contributed by atoms with Gasteiger partial charge in [0.05, 0.1) is 9.82 Å². The number of carbonyl (C=O) groups is 1. The fourth-order valence-electron chi connectivity index (χ4n) is 4.30. The molecule has 1 aliphatic carbocycles. The first-order valence-corrected chi connectivity index (χ1v) is 11.9. The minimum absolute atomic E-state index is 0.0591. The highest BCUT2D eigenvalue weighted by Crippen LogP contribution is 2.26. The van der Waals surface area contributed by atoms with E-state index in [4.69, 9.17) is 0 Å². The molecule has 0 unspecified atom stereocenters. The molecule has 4 rings (SSSR count). The van der Waals surface area contributed by atoms with Crippen LogP contribution in [0.25, 0.3) is 0 Å². The predicted molar refractivity (Wildman–Crippen MR) is 116 cm³/mol. The quantitative estimate of drug-likeness (QED) is 0.534. The van der Waals surface area contributed by atoms with Crippen LogP contribution in [0.4, 0.5) is 5.69 Å². The Hall–Kier alpha value is -2.78. The lowest BCUT2D eigenvalue weighted by Gasteiger charge is -2.34. The predicted octanol–water partition coefficient (Wildman–Crippen LogP) is 2.93. The van der Waals surface area contributed by atoms with Crippen molar-refractivity contribution in [1.29, 1.82) is 0 Å². The van der Waals surface area contributed by atoms with Crippen molar-refractivity contribution in [2.75, 3.05) is 26.2 Å². The van der Waals surface area contributed by atoms with Gasteiger partial charge < -0.3 is 4.90 Å². The van der Waals surface area contributed by atoms with Crippen LogP contribution in [0.3, 0.4) is 0 Å². The maximum absolute atomic E-state index is 13.1. The number of rotatable bonds is 4. The molecule has 0 spiro atoms. The van der Waals surface area contributed by atoms with Gasteiger partial charge >= 0.3 is 0 Å². The number of fused-ring (bicyclic) bond motifs is 1. The van der Waals surface area contributed by atoms with Crippen LogP contribution in [-0.4, -0.2) is 54.6 Å². The van der Waals surface area contributed by atoms with Crippen LogP contribution in [-0.2, 0) is 22.9 Å². The van der Waals surface area contributed by atoms with Crippen LogP contribution < -0.4 is 0 Å². The van der Waals surface area contributed by atoms with Gasteiger partial charge in [-0.1, -0.05) is 12.1 Å². The highest BCUT2D eigenvalue weighted by Gasteiger charge is 2.32. The zero-order valence-corrected chi connectivity index (χ0v) is 18.2. The molecule has 1 saturated heterocycles. The van der Waals surface area contributed by atoms with Crippen molar-refractivity contribution in [3.63, 3.8) is 0 Å². The molecule has 1 heterocycles. The second kappa shape index (κ2) is 8.39. The van der Waals surface area contributed by atoms with Gasteiger partial charge in [0, 0.05) is 43.9 Å². The molecule has 8 nitrogen and oxygen atoms in total. The van der Waals surface area contributed by atoms with E-state index >= 15 is 0 Å². The van der Waals surface area contributed by atoms with Crippen LogP contribution in [0.1, 0.15) is 39.9 Å². The summed E-state index contributed by atoms with van der Waals surface area (Å²) in [4.78, 5) is 25.0. The van der Waals surface area contributed by atoms with Gasteiger partial charge in [-0.3, -0.25) is 14.9 Å². The van der Waals surface area contributed by atoms with Gasteiger partial charge in [0.15, 0.2) is 0 Å². The van der Waals surface area contributed by atoms with E-state index in [1.54, 1.807) is 11.8 Å². The highest BCUT2D eigenvalue weighted by molar-refractivity contribution is 7.89. The summed E-state index contributed by atoms with van der Waals surface area (Å²) in [6, 6.07) is 9.72. The third-order valence-corrected chi connectivity index (χ3v) is 8.16. The Kier molecular flexibility index (Phi) is 5.81. The lowest BCUT2D eigenvalue weighted by molar-refractivity contribution is -0.385. The van der Waals surface area contributed by atoms with Crippen molar-refractivity contribution in [2.45, 2.75) is 37.5 Å². The Labute approximate surface area is 181 Å². The van der Waals surface area contributed by atoms with Gasteiger partial charge in [-0.25, -0.2) is 8.42 Å². The molecule has 0 N–H and O–H groups in total. The SMILES string of the molecule is Cc1ccc([N+](=O)[O-])cc1S(=O)(=O)N1CCN(C(=O)c2ccc3c(c2)CCCC3)CC1. The fourth-order valence-corrected chi connectivity index (χ4v) is 5.97. The number of hydrogen-bond donors (Lipinski definition) is 0. The van der Waals surface area contributed by atoms with Crippen molar-refractivity contribution in [3.05, 3.63) is 68.8 Å². The fraction of sp³-hybridized carbons (Fsp3) is 0.409. The summed E-state index contributed by atoms with van der Waals surface area (Å²) in [6.45, 7) is 2.49. The largest absolute Gasteiger partial charge is 0.336 e. The molecule has 9 heteroatoms. The first-order chi connectivity index (χ1) is 14.8. The van der Waals surface area contributed by atoms with Crippen LogP contribution in [0.5, 0.6) is 0 Å². The van der Waals surface area contributed by atoms with E-state index in [1.807, 2.05) is 18.2 Å². The third-order valence-electron chi connectivity index (χ3n) is 6.12. The van der Waals surface area contributed by atoms with Gasteiger partial charge in [-0.2, -0.15) is 4.31 Å². The van der Waals surface area contributed by atoms with Gasteiger partial charge in [-0.15, -0.1) is 0 Å². The van der Waals surface area contributed by atoms with Crippen molar-refractivity contribution < 1.29 is 18.1 Å². The summed E-state index contributed by atoms with van der Waals surface area (Å²) in [7, 11) is -3.88. The van der Waals surface area contributed by atoms with E-state index in [2.05, 4.69) is 0 Å². The summed E-state index contributed by atoms with van der Waals surface area (Å²) in [5.41, 5.74) is 3.39. The number of nitro groups is 1. The summed E-state index contributed by atoms with van der Waals surface area (Å²) in [5, 5.41) is 11.1. The van der Waals surface area contributed by atoms with Crippen LogP contribution >= 0.6 is 0 Å². The molecular formula is C22H25N3O5S. The van der Waals surface area contributed by atoms with Crippen molar-refractivity contribution in [3.8, 4) is 0 Å². The molecule has 0 aromatic heterocycles. The van der Waals surface area contributed by atoms with Gasteiger partial charge in [0.1, 0.15) is 0 Å². The molecule has 1 aliphatic heterocycles. The van der Waals surface area contributed by atoms with Crippen molar-refractivity contribution >= 4 is 21.6 Å². The molecule has 1 amide bonds. The Morgan fingerprint density at radius 2 is 1.65 bits per heavy atom. The number of amides is 1. The Morgan fingerprint density at radius 3 is 2.32 bits per heavy atom. The zero-order chi connectivity index (χ0) is 22.2. The number of benzene rings is 2. The minimum atomic E-state index is -3.88. The van der Waals surface area contributed by atoms with Crippen molar-refractivity contribution in [2.24, 2.45) is 0 Å². The second-order valence-electron chi connectivity index (χ2n) is 8.09. The maximum atomic E-state index is 13.1. The molecule has 1 fully saturated rings. The summed E-state index contributed by atoms with van der Waals surface area (Å²) in [5.74, 6) is -0.0862. The standard InChI is InChI=1S/C22H25N3O5S/c1-16-6-9-20(25(27)28)15-21(16)31(29,30)24-12-10-23(11-13-24)22(26)19-8-7-17-4-2-3-5-18(17)14-19/h6-9,14-15H,2-5,10-13H2,1H3. The van der Waals surface area contributed by atoms with E-state index in [9.17, 15) is 23.3 Å². The molecular weight excluding hydrogens is 418 g/mol. The van der Waals surface area contributed by atoms with Crippen LogP contribution in [0, 0.1) is 17.0 Å². The minimum Gasteiger partial charge on any atom is -0.336 e. The molecule has 2 aromatic rings. The number of sulfonamides is 1. The van der Waals surface area contributed by atoms with E-state index in [0.717, 1.165) is 25.3 Å². The van der Waals surface area contributed by atoms with Gasteiger partial charge in [-0.05, 0) is 61.4 Å². The van der Waals surface area contributed by atoms with Crippen LogP contribution in [0.15, 0.2) is 41.3 Å². The number of nitro benzene ring substituents is 1.